The quantitative estimate of drug-likeness (QED) is 0.818. The van der Waals surface area contributed by atoms with Crippen LogP contribution < -0.4 is 5.32 Å². The van der Waals surface area contributed by atoms with Gasteiger partial charge in [-0.1, -0.05) is 0 Å². The van der Waals surface area contributed by atoms with E-state index in [1.165, 1.54) is 5.69 Å². The Morgan fingerprint density at radius 1 is 1.39 bits per heavy atom. The highest BCUT2D eigenvalue weighted by atomic mass is 16.5. The second-order valence-corrected chi connectivity index (χ2v) is 6.41. The molecule has 1 amide bonds. The minimum Gasteiger partial charge on any atom is -0.383 e. The molecule has 3 rings (SSSR count). The molecule has 128 valence electrons. The number of methoxy groups -OCH3 is 1. The van der Waals surface area contributed by atoms with Crippen molar-refractivity contribution >= 4 is 5.91 Å². The first-order valence-electron chi connectivity index (χ1n) is 8.50. The van der Waals surface area contributed by atoms with Gasteiger partial charge in [0.25, 0.3) is 0 Å². The molecule has 1 unspecified atom stereocenters. The number of rotatable bonds is 5. The Labute approximate surface area is 137 Å². The molecule has 2 aliphatic heterocycles. The Morgan fingerprint density at radius 3 is 3.00 bits per heavy atom. The maximum absolute atomic E-state index is 12.6. The molecule has 1 N–H and O–H groups in total. The first kappa shape index (κ1) is 16.5. The minimum atomic E-state index is -0.0247. The smallest absolute Gasteiger partial charge is 0.226 e. The van der Waals surface area contributed by atoms with E-state index in [-0.39, 0.29) is 11.8 Å². The highest BCUT2D eigenvalue weighted by Gasteiger charge is 2.31. The summed E-state index contributed by atoms with van der Waals surface area (Å²) in [6.45, 7) is 5.25. The second kappa shape index (κ2) is 7.95. The zero-order valence-electron chi connectivity index (χ0n) is 13.9. The minimum absolute atomic E-state index is 0.0247. The van der Waals surface area contributed by atoms with Gasteiger partial charge in [-0.2, -0.15) is 0 Å². The van der Waals surface area contributed by atoms with Crippen LogP contribution in [0.25, 0.3) is 0 Å². The van der Waals surface area contributed by atoms with Crippen molar-refractivity contribution in [1.29, 1.82) is 0 Å². The molecule has 1 aromatic heterocycles. The molecule has 0 aromatic carbocycles. The Kier molecular flexibility index (Phi) is 5.70. The van der Waals surface area contributed by atoms with Crippen molar-refractivity contribution in [3.63, 3.8) is 0 Å². The molecular formula is C17H27N3O3. The van der Waals surface area contributed by atoms with Gasteiger partial charge < -0.3 is 19.4 Å². The van der Waals surface area contributed by atoms with Crippen molar-refractivity contribution in [2.75, 3.05) is 40.0 Å². The average molecular weight is 321 g/mol. The molecule has 6 nitrogen and oxygen atoms in total. The number of aromatic nitrogens is 1. The maximum Gasteiger partial charge on any atom is 0.226 e. The van der Waals surface area contributed by atoms with Gasteiger partial charge in [-0.25, -0.2) is 0 Å². The zero-order chi connectivity index (χ0) is 16.1. The fourth-order valence-electron chi connectivity index (χ4n) is 3.54. The maximum atomic E-state index is 12.6. The van der Waals surface area contributed by atoms with Crippen LogP contribution in [0.1, 0.15) is 18.5 Å². The Morgan fingerprint density at radius 2 is 2.22 bits per heavy atom. The molecule has 0 bridgehead atoms. The van der Waals surface area contributed by atoms with E-state index in [0.29, 0.717) is 19.2 Å². The van der Waals surface area contributed by atoms with Gasteiger partial charge in [-0.15, -0.1) is 0 Å². The molecular weight excluding hydrogens is 294 g/mol. The van der Waals surface area contributed by atoms with E-state index >= 15 is 0 Å². The summed E-state index contributed by atoms with van der Waals surface area (Å²) in [5.41, 5.74) is 1.30. The fourth-order valence-corrected chi connectivity index (χ4v) is 3.54. The van der Waals surface area contributed by atoms with Crippen LogP contribution in [0.5, 0.6) is 0 Å². The highest BCUT2D eigenvalue weighted by Crippen LogP contribution is 2.23. The highest BCUT2D eigenvalue weighted by molar-refractivity contribution is 5.78. The summed E-state index contributed by atoms with van der Waals surface area (Å²) in [5.74, 6) is 0.101. The van der Waals surface area contributed by atoms with Crippen molar-refractivity contribution in [3.05, 3.63) is 24.0 Å². The van der Waals surface area contributed by atoms with E-state index in [0.717, 1.165) is 45.7 Å². The summed E-state index contributed by atoms with van der Waals surface area (Å²) in [6.07, 6.45) is 4.19. The van der Waals surface area contributed by atoms with Gasteiger partial charge in [0.2, 0.25) is 5.91 Å². The number of nitrogens with zero attached hydrogens (tertiary/aromatic N) is 2. The number of carbonyl (C=O) groups excluding carboxylic acids is 1. The van der Waals surface area contributed by atoms with Crippen LogP contribution in [0.2, 0.25) is 0 Å². The summed E-state index contributed by atoms with van der Waals surface area (Å²) in [7, 11) is 1.65. The molecule has 6 heteroatoms. The van der Waals surface area contributed by atoms with E-state index < -0.39 is 0 Å². The van der Waals surface area contributed by atoms with Crippen LogP contribution in [0.15, 0.2) is 18.3 Å². The number of nitrogens with one attached hydrogen (secondary N) is 1. The summed E-state index contributed by atoms with van der Waals surface area (Å²) < 4.78 is 12.7. The van der Waals surface area contributed by atoms with Crippen molar-refractivity contribution in [3.8, 4) is 0 Å². The number of carbonyl (C=O) groups is 1. The molecule has 0 aliphatic carbocycles. The summed E-state index contributed by atoms with van der Waals surface area (Å²) in [5, 5.41) is 3.00. The third-order valence-electron chi connectivity index (χ3n) is 4.84. The van der Waals surface area contributed by atoms with Gasteiger partial charge in [0.05, 0.1) is 12.5 Å². The number of fused-ring (bicyclic) bond motifs is 1. The van der Waals surface area contributed by atoms with Crippen LogP contribution in [0, 0.1) is 5.92 Å². The van der Waals surface area contributed by atoms with Crippen molar-refractivity contribution in [1.82, 2.24) is 14.8 Å². The predicted molar refractivity (Wildman–Crippen MR) is 87.1 cm³/mol. The van der Waals surface area contributed by atoms with E-state index in [1.54, 1.807) is 7.11 Å². The van der Waals surface area contributed by atoms with E-state index in [4.69, 9.17) is 9.47 Å². The summed E-state index contributed by atoms with van der Waals surface area (Å²) in [6, 6.07) is 4.75. The molecule has 0 spiro atoms. The van der Waals surface area contributed by atoms with E-state index in [2.05, 4.69) is 33.1 Å². The fraction of sp³-hybridized carbons (Fsp3) is 0.706. The summed E-state index contributed by atoms with van der Waals surface area (Å²) >= 11 is 0. The van der Waals surface area contributed by atoms with Crippen molar-refractivity contribution in [2.45, 2.75) is 32.0 Å². The monoisotopic (exact) mass is 321 g/mol. The molecule has 2 aliphatic rings. The topological polar surface area (TPSA) is 55.7 Å². The number of hydrogen-bond acceptors (Lipinski definition) is 4. The summed E-state index contributed by atoms with van der Waals surface area (Å²) in [4.78, 5) is 15.0. The number of ether oxygens (including phenoxy) is 2. The van der Waals surface area contributed by atoms with Crippen molar-refractivity contribution in [2.24, 2.45) is 5.92 Å². The molecule has 0 saturated carbocycles. The molecule has 1 saturated heterocycles. The van der Waals surface area contributed by atoms with Crippen LogP contribution in [-0.4, -0.2) is 61.4 Å². The van der Waals surface area contributed by atoms with Crippen LogP contribution in [-0.2, 0) is 27.4 Å². The van der Waals surface area contributed by atoms with Gasteiger partial charge in [0.15, 0.2) is 0 Å². The molecule has 3 heterocycles. The first-order valence-corrected chi connectivity index (χ1v) is 8.50. The Hall–Kier alpha value is -1.37. The molecule has 1 atom stereocenters. The van der Waals surface area contributed by atoms with Crippen LogP contribution >= 0.6 is 0 Å². The standard InChI is InChI=1S/C17H27N3O3/c1-22-10-6-18-17(21)14-11-19-7-2-3-16(19)13-20(12-14)15-4-8-23-9-5-15/h2-3,7,14-15H,4-6,8-13H2,1H3,(H,18,21). The molecule has 23 heavy (non-hydrogen) atoms. The van der Waals surface area contributed by atoms with Crippen molar-refractivity contribution < 1.29 is 14.3 Å². The largest absolute Gasteiger partial charge is 0.383 e. The van der Waals surface area contributed by atoms with E-state index in [9.17, 15) is 4.79 Å². The molecule has 1 fully saturated rings. The third-order valence-corrected chi connectivity index (χ3v) is 4.84. The lowest BCUT2D eigenvalue weighted by Gasteiger charge is -2.34. The third kappa shape index (κ3) is 4.13. The average Bonchev–Trinajstić information content (AvgIpc) is 2.93. The lowest BCUT2D eigenvalue weighted by Crippen LogP contribution is -2.45. The van der Waals surface area contributed by atoms with Crippen LogP contribution in [0.3, 0.4) is 0 Å². The van der Waals surface area contributed by atoms with Gasteiger partial charge in [0, 0.05) is 64.4 Å². The van der Waals surface area contributed by atoms with Crippen LogP contribution in [0.4, 0.5) is 0 Å². The molecule has 0 radical (unpaired) electrons. The predicted octanol–water partition coefficient (Wildman–Crippen LogP) is 0.862. The lowest BCUT2D eigenvalue weighted by molar-refractivity contribution is -0.126. The lowest BCUT2D eigenvalue weighted by atomic mass is 10.0. The zero-order valence-corrected chi connectivity index (χ0v) is 13.9. The van der Waals surface area contributed by atoms with Gasteiger partial charge in [-0.05, 0) is 25.0 Å². The number of amides is 1. The SMILES string of the molecule is COCCNC(=O)C1CN(C2CCOCC2)Cc2cccn2C1. The Bertz CT molecular complexity index is 511. The first-order chi connectivity index (χ1) is 11.3. The normalized spacial score (nSPS) is 23.3. The van der Waals surface area contributed by atoms with Gasteiger partial charge in [0.1, 0.15) is 0 Å². The molecule has 1 aromatic rings. The second-order valence-electron chi connectivity index (χ2n) is 6.41. The van der Waals surface area contributed by atoms with E-state index in [1.807, 2.05) is 0 Å². The number of hydrogen-bond donors (Lipinski definition) is 1. The van der Waals surface area contributed by atoms with Gasteiger partial charge >= 0.3 is 0 Å². The Balaban J connectivity index is 1.70. The van der Waals surface area contributed by atoms with Gasteiger partial charge in [-0.3, -0.25) is 9.69 Å².